The average Bonchev–Trinajstić information content (AvgIpc) is 2.52. The molecule has 4 nitrogen and oxygen atoms in total. The van der Waals surface area contributed by atoms with Gasteiger partial charge in [0.15, 0.2) is 0 Å². The van der Waals surface area contributed by atoms with Crippen LogP contribution in [0.2, 0.25) is 0 Å². The number of carbonyl (C=O) groups excluding carboxylic acids is 1. The molecule has 0 heterocycles. The highest BCUT2D eigenvalue weighted by Gasteiger charge is 2.18. The molecule has 118 valence electrons. The molecule has 0 aliphatic rings. The van der Waals surface area contributed by atoms with Gasteiger partial charge in [-0.25, -0.2) is 0 Å². The Bertz CT molecular complexity index is 427. The van der Waals surface area contributed by atoms with Crippen molar-refractivity contribution in [1.82, 2.24) is 10.6 Å². The summed E-state index contributed by atoms with van der Waals surface area (Å²) in [5.74, 6) is 0.898. The van der Waals surface area contributed by atoms with Gasteiger partial charge in [-0.05, 0) is 44.4 Å². The van der Waals surface area contributed by atoms with Gasteiger partial charge in [0.2, 0.25) is 5.91 Å². The minimum atomic E-state index is -0.220. The fraction of sp³-hybridized carbons (Fsp3) is 0.588. The first-order valence-corrected chi connectivity index (χ1v) is 7.72. The fourth-order valence-corrected chi connectivity index (χ4v) is 2.26. The molecule has 0 aliphatic heterocycles. The second-order valence-corrected chi connectivity index (χ2v) is 5.41. The van der Waals surface area contributed by atoms with E-state index < -0.39 is 0 Å². The summed E-state index contributed by atoms with van der Waals surface area (Å²) in [4.78, 5) is 12.1. The van der Waals surface area contributed by atoms with Gasteiger partial charge in [-0.2, -0.15) is 0 Å². The van der Waals surface area contributed by atoms with Crippen LogP contribution in [-0.4, -0.2) is 25.1 Å². The molecule has 0 aliphatic carbocycles. The highest BCUT2D eigenvalue weighted by Crippen LogP contribution is 2.17. The quantitative estimate of drug-likeness (QED) is 0.774. The third-order valence-electron chi connectivity index (χ3n) is 3.84. The molecule has 0 aromatic heterocycles. The van der Waals surface area contributed by atoms with E-state index in [0.717, 1.165) is 24.2 Å². The Morgan fingerprint density at radius 1 is 1.14 bits per heavy atom. The Morgan fingerprint density at radius 2 is 1.71 bits per heavy atom. The van der Waals surface area contributed by atoms with Crippen molar-refractivity contribution in [3.63, 3.8) is 0 Å². The predicted octanol–water partition coefficient (Wildman–Crippen LogP) is 3.04. The van der Waals surface area contributed by atoms with Gasteiger partial charge in [-0.1, -0.05) is 26.0 Å². The Labute approximate surface area is 128 Å². The van der Waals surface area contributed by atoms with Crippen LogP contribution in [0.15, 0.2) is 24.3 Å². The van der Waals surface area contributed by atoms with Crippen LogP contribution in [0.4, 0.5) is 0 Å². The summed E-state index contributed by atoms with van der Waals surface area (Å²) >= 11 is 0. The number of nitrogens with one attached hydrogen (secondary N) is 2. The van der Waals surface area contributed by atoms with E-state index in [1.165, 1.54) is 0 Å². The van der Waals surface area contributed by atoms with Crippen molar-refractivity contribution in [3.8, 4) is 5.75 Å². The molecule has 2 atom stereocenters. The van der Waals surface area contributed by atoms with Crippen molar-refractivity contribution in [2.75, 3.05) is 7.11 Å². The van der Waals surface area contributed by atoms with E-state index in [4.69, 9.17) is 4.74 Å². The minimum Gasteiger partial charge on any atom is -0.497 e. The van der Waals surface area contributed by atoms with Gasteiger partial charge in [0.05, 0.1) is 13.2 Å². The zero-order valence-corrected chi connectivity index (χ0v) is 13.8. The van der Waals surface area contributed by atoms with Crippen molar-refractivity contribution < 1.29 is 9.53 Å². The lowest BCUT2D eigenvalue weighted by molar-refractivity contribution is -0.123. The van der Waals surface area contributed by atoms with E-state index in [-0.39, 0.29) is 24.0 Å². The van der Waals surface area contributed by atoms with Gasteiger partial charge in [0.25, 0.3) is 0 Å². The average molecular weight is 292 g/mol. The van der Waals surface area contributed by atoms with Crippen molar-refractivity contribution in [2.45, 2.75) is 58.7 Å². The fourth-order valence-electron chi connectivity index (χ4n) is 2.26. The molecule has 21 heavy (non-hydrogen) atoms. The molecular formula is C17H28N2O2. The molecule has 0 bridgehead atoms. The summed E-state index contributed by atoms with van der Waals surface area (Å²) < 4.78 is 5.15. The number of ether oxygens (including phenoxy) is 1. The second kappa shape index (κ2) is 8.67. The Hall–Kier alpha value is -1.55. The molecule has 1 aromatic carbocycles. The molecule has 2 N–H and O–H groups in total. The maximum Gasteiger partial charge on any atom is 0.237 e. The lowest BCUT2D eigenvalue weighted by Crippen LogP contribution is -2.46. The van der Waals surface area contributed by atoms with E-state index in [9.17, 15) is 4.79 Å². The minimum absolute atomic E-state index is 0.0593. The van der Waals surface area contributed by atoms with Gasteiger partial charge in [0.1, 0.15) is 5.75 Å². The van der Waals surface area contributed by atoms with E-state index >= 15 is 0 Å². The summed E-state index contributed by atoms with van der Waals surface area (Å²) in [5.41, 5.74) is 1.14. The lowest BCUT2D eigenvalue weighted by Gasteiger charge is -2.22. The lowest BCUT2D eigenvalue weighted by atomic mass is 10.1. The zero-order chi connectivity index (χ0) is 15.8. The van der Waals surface area contributed by atoms with Gasteiger partial charge in [-0.15, -0.1) is 0 Å². The molecule has 0 fully saturated rings. The normalized spacial score (nSPS) is 13.8. The highest BCUT2D eigenvalue weighted by molar-refractivity contribution is 5.81. The summed E-state index contributed by atoms with van der Waals surface area (Å²) in [6.45, 7) is 8.14. The van der Waals surface area contributed by atoms with E-state index in [2.05, 4.69) is 31.4 Å². The number of hydrogen-bond acceptors (Lipinski definition) is 3. The van der Waals surface area contributed by atoms with Crippen LogP contribution < -0.4 is 15.4 Å². The Kier molecular flexibility index (Phi) is 7.23. The summed E-state index contributed by atoms with van der Waals surface area (Å²) in [7, 11) is 1.65. The largest absolute Gasteiger partial charge is 0.497 e. The van der Waals surface area contributed by atoms with Crippen molar-refractivity contribution >= 4 is 5.91 Å². The maximum atomic E-state index is 12.1. The van der Waals surface area contributed by atoms with Gasteiger partial charge >= 0.3 is 0 Å². The van der Waals surface area contributed by atoms with Crippen LogP contribution in [-0.2, 0) is 4.79 Å². The van der Waals surface area contributed by atoms with Crippen molar-refractivity contribution in [1.29, 1.82) is 0 Å². The molecule has 0 spiro atoms. The number of amides is 1. The maximum absolute atomic E-state index is 12.1. The van der Waals surface area contributed by atoms with Crippen LogP contribution in [0.3, 0.4) is 0 Å². The Morgan fingerprint density at radius 3 is 2.19 bits per heavy atom. The second-order valence-electron chi connectivity index (χ2n) is 5.41. The predicted molar refractivity (Wildman–Crippen MR) is 86.5 cm³/mol. The first-order chi connectivity index (χ1) is 10.0. The van der Waals surface area contributed by atoms with Crippen LogP contribution >= 0.6 is 0 Å². The van der Waals surface area contributed by atoms with Crippen LogP contribution in [0.1, 0.15) is 52.1 Å². The number of rotatable bonds is 8. The number of methoxy groups -OCH3 is 1. The molecule has 4 heteroatoms. The topological polar surface area (TPSA) is 50.4 Å². The first kappa shape index (κ1) is 17.5. The van der Waals surface area contributed by atoms with E-state index in [1.807, 2.05) is 31.2 Å². The van der Waals surface area contributed by atoms with Crippen LogP contribution in [0.25, 0.3) is 0 Å². The SMILES string of the molecule is CCC(CC)NC(=O)C(C)N[C@H](C)c1ccc(OC)cc1. The van der Waals surface area contributed by atoms with Gasteiger partial charge in [0, 0.05) is 12.1 Å². The number of hydrogen-bond donors (Lipinski definition) is 2. The van der Waals surface area contributed by atoms with Gasteiger partial charge in [-0.3, -0.25) is 10.1 Å². The van der Waals surface area contributed by atoms with Crippen LogP contribution in [0.5, 0.6) is 5.75 Å². The summed E-state index contributed by atoms with van der Waals surface area (Å²) in [6, 6.07) is 8.05. The summed E-state index contributed by atoms with van der Waals surface area (Å²) in [5, 5.41) is 6.40. The monoisotopic (exact) mass is 292 g/mol. The van der Waals surface area contributed by atoms with E-state index in [0.29, 0.717) is 0 Å². The molecule has 1 amide bonds. The summed E-state index contributed by atoms with van der Waals surface area (Å²) in [6.07, 6.45) is 1.92. The zero-order valence-electron chi connectivity index (χ0n) is 13.8. The third-order valence-corrected chi connectivity index (χ3v) is 3.84. The third kappa shape index (κ3) is 5.38. The van der Waals surface area contributed by atoms with Crippen molar-refractivity contribution in [2.24, 2.45) is 0 Å². The highest BCUT2D eigenvalue weighted by atomic mass is 16.5. The van der Waals surface area contributed by atoms with Crippen LogP contribution in [0, 0.1) is 0 Å². The van der Waals surface area contributed by atoms with Gasteiger partial charge < -0.3 is 10.1 Å². The number of carbonyl (C=O) groups is 1. The number of benzene rings is 1. The van der Waals surface area contributed by atoms with Crippen molar-refractivity contribution in [3.05, 3.63) is 29.8 Å². The molecule has 0 radical (unpaired) electrons. The molecular weight excluding hydrogens is 264 g/mol. The van der Waals surface area contributed by atoms with E-state index in [1.54, 1.807) is 7.11 Å². The molecule has 1 unspecified atom stereocenters. The smallest absolute Gasteiger partial charge is 0.237 e. The molecule has 0 saturated heterocycles. The molecule has 1 aromatic rings. The standard InChI is InChI=1S/C17H28N2O2/c1-6-15(7-2)19-17(20)13(4)18-12(3)14-8-10-16(21-5)11-9-14/h8-13,15,18H,6-7H2,1-5H3,(H,19,20)/t12-,13?/m1/s1. The molecule has 1 rings (SSSR count). The molecule has 0 saturated carbocycles. The Balaban J connectivity index is 2.55. The first-order valence-electron chi connectivity index (χ1n) is 7.72.